The summed E-state index contributed by atoms with van der Waals surface area (Å²) >= 11 is 3.43. The van der Waals surface area contributed by atoms with Crippen molar-refractivity contribution in [1.29, 1.82) is 0 Å². The van der Waals surface area contributed by atoms with Crippen LogP contribution in [-0.2, 0) is 10.3 Å². The molecule has 1 aromatic carbocycles. The standard InChI is InChI=1S/C15H16BrN3O2/c1-8(2)17-14-18-13(20)15(3,19-14)12-7-9-6-10(16)4-5-11(9)21-12/h4-8H,1-3H3,(H2,17,18,19,20). The molecule has 1 fully saturated rings. The highest BCUT2D eigenvalue weighted by molar-refractivity contribution is 9.10. The molecule has 2 heterocycles. The molecule has 1 unspecified atom stereocenters. The van der Waals surface area contributed by atoms with Gasteiger partial charge in [-0.15, -0.1) is 0 Å². The van der Waals surface area contributed by atoms with Crippen LogP contribution >= 0.6 is 15.9 Å². The molecule has 2 N–H and O–H groups in total. The number of nitrogens with zero attached hydrogens (tertiary/aromatic N) is 1. The highest BCUT2D eigenvalue weighted by atomic mass is 79.9. The first-order valence-electron chi connectivity index (χ1n) is 6.75. The maximum atomic E-state index is 12.3. The number of aliphatic imine (C=N–C) groups is 1. The molecule has 0 aliphatic carbocycles. The van der Waals surface area contributed by atoms with Crippen LogP contribution < -0.4 is 10.6 Å². The molecule has 5 nitrogen and oxygen atoms in total. The predicted octanol–water partition coefficient (Wildman–Crippen LogP) is 2.89. The summed E-state index contributed by atoms with van der Waals surface area (Å²) < 4.78 is 6.81. The van der Waals surface area contributed by atoms with Crippen molar-refractivity contribution in [2.45, 2.75) is 32.4 Å². The quantitative estimate of drug-likeness (QED) is 0.875. The van der Waals surface area contributed by atoms with Crippen LogP contribution in [0.4, 0.5) is 0 Å². The molecule has 1 amide bonds. The summed E-state index contributed by atoms with van der Waals surface area (Å²) in [6.07, 6.45) is 0. The van der Waals surface area contributed by atoms with E-state index in [0.29, 0.717) is 11.7 Å². The van der Waals surface area contributed by atoms with Crippen LogP contribution in [0.3, 0.4) is 0 Å². The van der Waals surface area contributed by atoms with Crippen LogP contribution in [0.15, 0.2) is 38.1 Å². The van der Waals surface area contributed by atoms with Gasteiger partial charge in [0.25, 0.3) is 5.91 Å². The molecule has 1 saturated heterocycles. The van der Waals surface area contributed by atoms with E-state index in [9.17, 15) is 4.79 Å². The van der Waals surface area contributed by atoms with Gasteiger partial charge < -0.3 is 9.73 Å². The normalized spacial score (nSPS) is 23.9. The van der Waals surface area contributed by atoms with Crippen molar-refractivity contribution in [2.24, 2.45) is 4.99 Å². The van der Waals surface area contributed by atoms with E-state index in [2.05, 4.69) is 31.6 Å². The molecule has 0 spiro atoms. The average molecular weight is 350 g/mol. The van der Waals surface area contributed by atoms with Gasteiger partial charge in [0.1, 0.15) is 11.3 Å². The Morgan fingerprint density at radius 3 is 2.81 bits per heavy atom. The lowest BCUT2D eigenvalue weighted by Gasteiger charge is -2.17. The minimum absolute atomic E-state index is 0.0989. The van der Waals surface area contributed by atoms with Crippen molar-refractivity contribution in [1.82, 2.24) is 10.6 Å². The molecule has 0 bridgehead atoms. The number of amides is 1. The van der Waals surface area contributed by atoms with Crippen LogP contribution in [-0.4, -0.2) is 17.9 Å². The van der Waals surface area contributed by atoms with Gasteiger partial charge in [-0.1, -0.05) is 15.9 Å². The van der Waals surface area contributed by atoms with Crippen molar-refractivity contribution in [2.75, 3.05) is 0 Å². The van der Waals surface area contributed by atoms with Crippen molar-refractivity contribution < 1.29 is 9.21 Å². The number of guanidine groups is 1. The lowest BCUT2D eigenvalue weighted by Crippen LogP contribution is -2.40. The maximum absolute atomic E-state index is 12.3. The summed E-state index contributed by atoms with van der Waals surface area (Å²) in [6, 6.07) is 7.72. The topological polar surface area (TPSA) is 66.6 Å². The summed E-state index contributed by atoms with van der Waals surface area (Å²) in [7, 11) is 0. The molecule has 0 saturated carbocycles. The zero-order valence-electron chi connectivity index (χ0n) is 12.0. The summed E-state index contributed by atoms with van der Waals surface area (Å²) in [5, 5.41) is 6.83. The molecule has 3 rings (SSSR count). The molecular weight excluding hydrogens is 334 g/mol. The number of nitrogens with one attached hydrogen (secondary N) is 2. The first-order chi connectivity index (χ1) is 9.88. The lowest BCUT2D eigenvalue weighted by molar-refractivity contribution is -0.124. The third-order valence-corrected chi connectivity index (χ3v) is 3.91. The smallest absolute Gasteiger partial charge is 0.260 e. The summed E-state index contributed by atoms with van der Waals surface area (Å²) in [4.78, 5) is 16.6. The van der Waals surface area contributed by atoms with E-state index in [1.54, 1.807) is 6.92 Å². The number of carbonyl (C=O) groups is 1. The molecular formula is C15H16BrN3O2. The van der Waals surface area contributed by atoms with Crippen LogP contribution in [0, 0.1) is 0 Å². The van der Waals surface area contributed by atoms with Gasteiger partial charge in [0.2, 0.25) is 0 Å². The zero-order valence-corrected chi connectivity index (χ0v) is 13.6. The molecule has 1 aliphatic heterocycles. The number of fused-ring (bicyclic) bond motifs is 1. The van der Waals surface area contributed by atoms with E-state index in [-0.39, 0.29) is 11.9 Å². The SMILES string of the molecule is CC(C)N=C1NC(=O)C(C)(c2cc3cc(Br)ccc3o2)N1. The van der Waals surface area contributed by atoms with Gasteiger partial charge in [0.05, 0.1) is 0 Å². The first-order valence-corrected chi connectivity index (χ1v) is 7.55. The van der Waals surface area contributed by atoms with Crippen LogP contribution in [0.1, 0.15) is 26.5 Å². The number of rotatable bonds is 2. The Hall–Kier alpha value is -1.82. The Morgan fingerprint density at radius 1 is 1.33 bits per heavy atom. The van der Waals surface area contributed by atoms with Gasteiger partial charge >= 0.3 is 0 Å². The molecule has 110 valence electrons. The highest BCUT2D eigenvalue weighted by Gasteiger charge is 2.45. The van der Waals surface area contributed by atoms with Crippen molar-refractivity contribution in [3.8, 4) is 0 Å². The number of carbonyl (C=O) groups excluding carboxylic acids is 1. The number of hydrogen-bond acceptors (Lipinski definition) is 3. The van der Waals surface area contributed by atoms with Gasteiger partial charge in [-0.3, -0.25) is 15.1 Å². The van der Waals surface area contributed by atoms with Crippen LogP contribution in [0.25, 0.3) is 11.0 Å². The second-order valence-corrected chi connectivity index (χ2v) is 6.48. The van der Waals surface area contributed by atoms with Gasteiger partial charge in [-0.25, -0.2) is 0 Å². The van der Waals surface area contributed by atoms with Crippen molar-refractivity contribution in [3.05, 3.63) is 34.5 Å². The second kappa shape index (κ2) is 4.87. The maximum Gasteiger partial charge on any atom is 0.260 e. The fourth-order valence-corrected chi connectivity index (χ4v) is 2.69. The Bertz CT molecular complexity index is 750. The molecule has 2 aromatic rings. The first kappa shape index (κ1) is 14.1. The summed E-state index contributed by atoms with van der Waals surface area (Å²) in [6.45, 7) is 5.70. The van der Waals surface area contributed by atoms with E-state index in [1.807, 2.05) is 38.1 Å². The summed E-state index contributed by atoms with van der Waals surface area (Å²) in [5.74, 6) is 0.890. The fourth-order valence-electron chi connectivity index (χ4n) is 2.31. The number of hydrogen-bond donors (Lipinski definition) is 2. The lowest BCUT2D eigenvalue weighted by atomic mass is 9.99. The monoisotopic (exact) mass is 349 g/mol. The van der Waals surface area contributed by atoms with E-state index in [4.69, 9.17) is 4.42 Å². The molecule has 0 radical (unpaired) electrons. The van der Waals surface area contributed by atoms with Gasteiger partial charge in [0.15, 0.2) is 11.5 Å². The van der Waals surface area contributed by atoms with E-state index >= 15 is 0 Å². The number of furan rings is 1. The molecule has 21 heavy (non-hydrogen) atoms. The predicted molar refractivity (Wildman–Crippen MR) is 85.1 cm³/mol. The summed E-state index contributed by atoms with van der Waals surface area (Å²) in [5.41, 5.74) is -0.197. The largest absolute Gasteiger partial charge is 0.458 e. The van der Waals surface area contributed by atoms with Gasteiger partial charge in [-0.2, -0.15) is 0 Å². The highest BCUT2D eigenvalue weighted by Crippen LogP contribution is 2.31. The second-order valence-electron chi connectivity index (χ2n) is 5.57. The van der Waals surface area contributed by atoms with Gasteiger partial charge in [-0.05, 0) is 45.0 Å². The Labute approximate surface area is 130 Å². The molecule has 1 atom stereocenters. The van der Waals surface area contributed by atoms with Crippen LogP contribution in [0.5, 0.6) is 0 Å². The fraction of sp³-hybridized carbons (Fsp3) is 0.333. The molecule has 1 aliphatic rings. The van der Waals surface area contributed by atoms with Crippen molar-refractivity contribution >= 4 is 38.8 Å². The number of halogens is 1. The number of benzene rings is 1. The van der Waals surface area contributed by atoms with E-state index < -0.39 is 5.54 Å². The Morgan fingerprint density at radius 2 is 2.10 bits per heavy atom. The molecule has 6 heteroatoms. The third-order valence-electron chi connectivity index (χ3n) is 3.41. The minimum atomic E-state index is -0.945. The zero-order chi connectivity index (χ0) is 15.2. The van der Waals surface area contributed by atoms with Gasteiger partial charge in [0, 0.05) is 15.9 Å². The van der Waals surface area contributed by atoms with Crippen LogP contribution in [0.2, 0.25) is 0 Å². The Kier molecular flexibility index (Phi) is 3.28. The van der Waals surface area contributed by atoms with E-state index in [1.165, 1.54) is 0 Å². The van der Waals surface area contributed by atoms with E-state index in [0.717, 1.165) is 15.4 Å². The third kappa shape index (κ3) is 2.44. The van der Waals surface area contributed by atoms with Crippen molar-refractivity contribution in [3.63, 3.8) is 0 Å². The molecule has 1 aromatic heterocycles. The Balaban J connectivity index is 2.02. The average Bonchev–Trinajstić information content (AvgIpc) is 2.91. The minimum Gasteiger partial charge on any atom is -0.458 e.